The van der Waals surface area contributed by atoms with Gasteiger partial charge in [0.05, 0.1) is 6.04 Å². The van der Waals surface area contributed by atoms with Crippen LogP contribution < -0.4 is 5.73 Å². The van der Waals surface area contributed by atoms with Crippen LogP contribution in [0.5, 0.6) is 0 Å². The maximum atomic E-state index is 5.94. The molecular weight excluding hydrogens is 210 g/mol. The Kier molecular flexibility index (Phi) is 3.59. The number of nitrogens with two attached hydrogens (primary N) is 1. The van der Waals surface area contributed by atoms with E-state index in [0.29, 0.717) is 6.54 Å². The van der Waals surface area contributed by atoms with Crippen LogP contribution in [0.3, 0.4) is 0 Å². The Morgan fingerprint density at radius 3 is 2.76 bits per heavy atom. The fourth-order valence-corrected chi connectivity index (χ4v) is 2.25. The highest BCUT2D eigenvalue weighted by Crippen LogP contribution is 2.22. The van der Waals surface area contributed by atoms with Crippen LogP contribution in [0, 0.1) is 6.92 Å². The van der Waals surface area contributed by atoms with Crippen molar-refractivity contribution >= 4 is 0 Å². The summed E-state index contributed by atoms with van der Waals surface area (Å²) in [7, 11) is 0. The number of imidazole rings is 1. The normalized spacial score (nSPS) is 12.6. The molecule has 0 bridgehead atoms. The van der Waals surface area contributed by atoms with E-state index in [-0.39, 0.29) is 6.04 Å². The third-order valence-corrected chi connectivity index (χ3v) is 3.17. The molecule has 3 nitrogen and oxygen atoms in total. The monoisotopic (exact) mass is 229 g/mol. The molecule has 0 aliphatic carbocycles. The highest BCUT2D eigenvalue weighted by Gasteiger charge is 2.15. The third kappa shape index (κ3) is 2.24. The van der Waals surface area contributed by atoms with Crippen LogP contribution in [0.1, 0.15) is 29.9 Å². The first-order chi connectivity index (χ1) is 8.27. The standard InChI is InChI=1S/C14H19N3/c1-3-14-16-8-9-17(14)13(10-15)12-7-5-4-6-11(12)2/h4-9,13H,3,10,15H2,1-2H3. The quantitative estimate of drug-likeness (QED) is 0.874. The van der Waals surface area contributed by atoms with Gasteiger partial charge in [-0.1, -0.05) is 31.2 Å². The summed E-state index contributed by atoms with van der Waals surface area (Å²) in [5, 5.41) is 0. The zero-order valence-electron chi connectivity index (χ0n) is 10.4. The van der Waals surface area contributed by atoms with Crippen molar-refractivity contribution in [1.29, 1.82) is 0 Å². The third-order valence-electron chi connectivity index (χ3n) is 3.17. The van der Waals surface area contributed by atoms with Gasteiger partial charge in [0.25, 0.3) is 0 Å². The molecule has 1 heterocycles. The van der Waals surface area contributed by atoms with E-state index in [4.69, 9.17) is 5.73 Å². The van der Waals surface area contributed by atoms with Gasteiger partial charge in [-0.05, 0) is 18.1 Å². The second-order valence-corrected chi connectivity index (χ2v) is 4.21. The molecule has 0 saturated heterocycles. The minimum Gasteiger partial charge on any atom is -0.328 e. The molecule has 0 fully saturated rings. The number of hydrogen-bond donors (Lipinski definition) is 1. The SMILES string of the molecule is CCc1nccn1C(CN)c1ccccc1C. The zero-order valence-corrected chi connectivity index (χ0v) is 10.4. The van der Waals surface area contributed by atoms with Crippen LogP contribution in [-0.2, 0) is 6.42 Å². The average molecular weight is 229 g/mol. The molecule has 17 heavy (non-hydrogen) atoms. The molecule has 2 rings (SSSR count). The molecular formula is C14H19N3. The summed E-state index contributed by atoms with van der Waals surface area (Å²) in [6, 6.07) is 8.58. The summed E-state index contributed by atoms with van der Waals surface area (Å²) >= 11 is 0. The molecule has 3 heteroatoms. The molecule has 1 unspecified atom stereocenters. The molecule has 0 spiro atoms. The highest BCUT2D eigenvalue weighted by atomic mass is 15.1. The van der Waals surface area contributed by atoms with Gasteiger partial charge in [-0.3, -0.25) is 0 Å². The van der Waals surface area contributed by atoms with Crippen LogP contribution in [0.4, 0.5) is 0 Å². The lowest BCUT2D eigenvalue weighted by atomic mass is 10.0. The molecule has 0 saturated carbocycles. The molecule has 1 atom stereocenters. The first-order valence-corrected chi connectivity index (χ1v) is 6.05. The molecule has 1 aromatic heterocycles. The van der Waals surface area contributed by atoms with Crippen molar-refractivity contribution in [2.45, 2.75) is 26.3 Å². The Morgan fingerprint density at radius 2 is 2.12 bits per heavy atom. The lowest BCUT2D eigenvalue weighted by Gasteiger charge is -2.21. The van der Waals surface area contributed by atoms with Crippen molar-refractivity contribution in [2.24, 2.45) is 5.73 Å². The van der Waals surface area contributed by atoms with Crippen molar-refractivity contribution < 1.29 is 0 Å². The second-order valence-electron chi connectivity index (χ2n) is 4.21. The fraction of sp³-hybridized carbons (Fsp3) is 0.357. The number of hydrogen-bond acceptors (Lipinski definition) is 2. The Hall–Kier alpha value is -1.61. The Balaban J connectivity index is 2.44. The zero-order chi connectivity index (χ0) is 12.3. The first kappa shape index (κ1) is 11.9. The van der Waals surface area contributed by atoms with E-state index in [1.54, 1.807) is 0 Å². The summed E-state index contributed by atoms with van der Waals surface area (Å²) in [4.78, 5) is 4.37. The van der Waals surface area contributed by atoms with Crippen LogP contribution >= 0.6 is 0 Å². The summed E-state index contributed by atoms with van der Waals surface area (Å²) in [5.41, 5.74) is 8.50. The van der Waals surface area contributed by atoms with Gasteiger partial charge < -0.3 is 10.3 Å². The van der Waals surface area contributed by atoms with E-state index in [1.807, 2.05) is 12.4 Å². The van der Waals surface area contributed by atoms with Crippen molar-refractivity contribution in [3.8, 4) is 0 Å². The van der Waals surface area contributed by atoms with Gasteiger partial charge in [-0.15, -0.1) is 0 Å². The molecule has 2 aromatic rings. The summed E-state index contributed by atoms with van der Waals surface area (Å²) < 4.78 is 2.18. The van der Waals surface area contributed by atoms with E-state index in [0.717, 1.165) is 12.2 Å². The van der Waals surface area contributed by atoms with Gasteiger partial charge in [0.2, 0.25) is 0 Å². The highest BCUT2D eigenvalue weighted by molar-refractivity contribution is 5.30. The van der Waals surface area contributed by atoms with Gasteiger partial charge in [0.1, 0.15) is 5.82 Å². The first-order valence-electron chi connectivity index (χ1n) is 6.05. The molecule has 0 aliphatic heterocycles. The van der Waals surface area contributed by atoms with Gasteiger partial charge in [0.15, 0.2) is 0 Å². The van der Waals surface area contributed by atoms with Gasteiger partial charge in [0, 0.05) is 25.4 Å². The molecule has 0 aliphatic rings. The van der Waals surface area contributed by atoms with Gasteiger partial charge >= 0.3 is 0 Å². The molecule has 1 aromatic carbocycles. The Labute approximate surface area is 102 Å². The topological polar surface area (TPSA) is 43.8 Å². The van der Waals surface area contributed by atoms with Crippen LogP contribution in [0.2, 0.25) is 0 Å². The summed E-state index contributed by atoms with van der Waals surface area (Å²) in [6.07, 6.45) is 4.79. The average Bonchev–Trinajstić information content (AvgIpc) is 2.81. The lowest BCUT2D eigenvalue weighted by molar-refractivity contribution is 0.566. The summed E-state index contributed by atoms with van der Waals surface area (Å²) in [6.45, 7) is 4.83. The molecule has 0 radical (unpaired) electrons. The van der Waals surface area contributed by atoms with Gasteiger partial charge in [-0.25, -0.2) is 4.98 Å². The van der Waals surface area contributed by atoms with E-state index in [9.17, 15) is 0 Å². The fourth-order valence-electron chi connectivity index (χ4n) is 2.25. The number of aryl methyl sites for hydroxylation is 2. The second kappa shape index (κ2) is 5.15. The largest absolute Gasteiger partial charge is 0.328 e. The summed E-state index contributed by atoms with van der Waals surface area (Å²) in [5.74, 6) is 1.09. The molecule has 2 N–H and O–H groups in total. The van der Waals surface area contributed by atoms with Crippen molar-refractivity contribution in [2.75, 3.05) is 6.54 Å². The van der Waals surface area contributed by atoms with Crippen LogP contribution in [0.25, 0.3) is 0 Å². The van der Waals surface area contributed by atoms with E-state index < -0.39 is 0 Å². The Morgan fingerprint density at radius 1 is 1.35 bits per heavy atom. The van der Waals surface area contributed by atoms with E-state index in [2.05, 4.69) is 47.7 Å². The Bertz CT molecular complexity index is 488. The van der Waals surface area contributed by atoms with Crippen molar-refractivity contribution in [3.05, 3.63) is 53.6 Å². The van der Waals surface area contributed by atoms with E-state index in [1.165, 1.54) is 11.1 Å². The molecule has 90 valence electrons. The minimum absolute atomic E-state index is 0.189. The van der Waals surface area contributed by atoms with Crippen molar-refractivity contribution in [3.63, 3.8) is 0 Å². The van der Waals surface area contributed by atoms with Gasteiger partial charge in [-0.2, -0.15) is 0 Å². The van der Waals surface area contributed by atoms with Crippen LogP contribution in [0.15, 0.2) is 36.7 Å². The van der Waals surface area contributed by atoms with Crippen LogP contribution in [-0.4, -0.2) is 16.1 Å². The molecule has 0 amide bonds. The minimum atomic E-state index is 0.189. The number of nitrogens with zero attached hydrogens (tertiary/aromatic N) is 2. The number of rotatable bonds is 4. The predicted molar refractivity (Wildman–Crippen MR) is 70.0 cm³/mol. The maximum absolute atomic E-state index is 5.94. The van der Waals surface area contributed by atoms with E-state index >= 15 is 0 Å². The smallest absolute Gasteiger partial charge is 0.108 e. The lowest BCUT2D eigenvalue weighted by Crippen LogP contribution is -2.22. The number of aromatic nitrogens is 2. The predicted octanol–water partition coefficient (Wildman–Crippen LogP) is 2.30. The maximum Gasteiger partial charge on any atom is 0.108 e. The number of benzene rings is 1. The van der Waals surface area contributed by atoms with Crippen molar-refractivity contribution in [1.82, 2.24) is 9.55 Å².